The first-order valence-electron chi connectivity index (χ1n) is 7.60. The fourth-order valence-corrected chi connectivity index (χ4v) is 2.13. The molecule has 0 heterocycles. The summed E-state index contributed by atoms with van der Waals surface area (Å²) in [5.41, 5.74) is 3.34. The highest BCUT2D eigenvalue weighted by atomic mass is 16.5. The summed E-state index contributed by atoms with van der Waals surface area (Å²) in [6.45, 7) is 0. The summed E-state index contributed by atoms with van der Waals surface area (Å²) < 4.78 is 5.38. The van der Waals surface area contributed by atoms with Crippen LogP contribution in [0.3, 0.4) is 0 Å². The van der Waals surface area contributed by atoms with Gasteiger partial charge in [-0.2, -0.15) is 10.2 Å². The van der Waals surface area contributed by atoms with Crippen LogP contribution >= 0.6 is 0 Å². The minimum Gasteiger partial charge on any atom is -0.481 e. The van der Waals surface area contributed by atoms with Gasteiger partial charge in [0.25, 0.3) is 0 Å². The van der Waals surface area contributed by atoms with E-state index in [1.54, 1.807) is 7.11 Å². The lowest BCUT2D eigenvalue weighted by Crippen LogP contribution is -2.02. The van der Waals surface area contributed by atoms with Gasteiger partial charge in [0.2, 0.25) is 5.90 Å². The van der Waals surface area contributed by atoms with Gasteiger partial charge in [0.15, 0.2) is 0 Å². The molecule has 0 atom stereocenters. The molecular formula is C20H17N3O. The van der Waals surface area contributed by atoms with E-state index in [-0.39, 0.29) is 0 Å². The van der Waals surface area contributed by atoms with Crippen LogP contribution in [-0.4, -0.2) is 13.0 Å². The Kier molecular flexibility index (Phi) is 5.10. The van der Waals surface area contributed by atoms with Gasteiger partial charge < -0.3 is 4.74 Å². The van der Waals surface area contributed by atoms with Gasteiger partial charge in [0, 0.05) is 5.56 Å². The monoisotopic (exact) mass is 315 g/mol. The lowest BCUT2D eigenvalue weighted by atomic mass is 10.2. The van der Waals surface area contributed by atoms with Crippen LogP contribution in [0, 0.1) is 0 Å². The van der Waals surface area contributed by atoms with E-state index in [9.17, 15) is 0 Å². The van der Waals surface area contributed by atoms with Crippen LogP contribution in [0.2, 0.25) is 0 Å². The van der Waals surface area contributed by atoms with Crippen molar-refractivity contribution < 1.29 is 4.74 Å². The normalized spacial score (nSPS) is 11.6. The summed E-state index contributed by atoms with van der Waals surface area (Å²) in [6.07, 6.45) is 0. The molecule has 4 nitrogen and oxygen atoms in total. The van der Waals surface area contributed by atoms with E-state index < -0.39 is 0 Å². The van der Waals surface area contributed by atoms with Crippen LogP contribution in [0.15, 0.2) is 100 Å². The molecule has 0 N–H and O–H groups in total. The third-order valence-corrected chi connectivity index (χ3v) is 3.33. The number of ether oxygens (including phenoxy) is 1. The molecule has 0 aromatic heterocycles. The fourth-order valence-electron chi connectivity index (χ4n) is 2.13. The van der Waals surface area contributed by atoms with Gasteiger partial charge in [-0.3, -0.25) is 0 Å². The lowest BCUT2D eigenvalue weighted by Gasteiger charge is -2.05. The summed E-state index contributed by atoms with van der Waals surface area (Å²) in [6, 6.07) is 27.0. The zero-order chi connectivity index (χ0) is 16.6. The van der Waals surface area contributed by atoms with Crippen molar-refractivity contribution in [2.45, 2.75) is 0 Å². The summed E-state index contributed by atoms with van der Waals surface area (Å²) in [7, 11) is 1.62. The van der Waals surface area contributed by atoms with Crippen molar-refractivity contribution in [3.05, 3.63) is 90.5 Å². The summed E-state index contributed by atoms with van der Waals surface area (Å²) >= 11 is 0. The molecule has 0 bridgehead atoms. The molecule has 24 heavy (non-hydrogen) atoms. The van der Waals surface area contributed by atoms with Crippen molar-refractivity contribution in [3.8, 4) is 0 Å². The molecule has 3 aromatic rings. The largest absolute Gasteiger partial charge is 0.481 e. The maximum atomic E-state index is 5.38. The first kappa shape index (κ1) is 15.6. The highest BCUT2D eigenvalue weighted by molar-refractivity contribution is 5.95. The molecule has 0 spiro atoms. The summed E-state index contributed by atoms with van der Waals surface area (Å²) in [5.74, 6) is 0.578. The molecule has 0 saturated heterocycles. The topological polar surface area (TPSA) is 46.3 Å². The van der Waals surface area contributed by atoms with Crippen LogP contribution in [-0.2, 0) is 4.74 Å². The molecule has 4 heteroatoms. The van der Waals surface area contributed by atoms with E-state index in [0.29, 0.717) is 5.90 Å². The first-order chi connectivity index (χ1) is 11.8. The van der Waals surface area contributed by atoms with Crippen molar-refractivity contribution in [2.24, 2.45) is 15.2 Å². The van der Waals surface area contributed by atoms with Gasteiger partial charge in [-0.25, -0.2) is 4.99 Å². The van der Waals surface area contributed by atoms with Crippen molar-refractivity contribution >= 4 is 23.0 Å². The summed E-state index contributed by atoms with van der Waals surface area (Å²) in [4.78, 5) is 4.53. The highest BCUT2D eigenvalue weighted by Gasteiger charge is 2.02. The van der Waals surface area contributed by atoms with Crippen molar-refractivity contribution in [3.63, 3.8) is 0 Å². The second-order valence-corrected chi connectivity index (χ2v) is 5.04. The molecule has 0 aliphatic heterocycles. The Balaban J connectivity index is 1.77. The number of rotatable bonds is 4. The predicted molar refractivity (Wildman–Crippen MR) is 96.7 cm³/mol. The number of azo groups is 1. The Hall–Kier alpha value is -3.27. The minimum atomic E-state index is 0.578. The molecule has 0 saturated carbocycles. The van der Waals surface area contributed by atoms with Crippen LogP contribution in [0.4, 0.5) is 17.1 Å². The third-order valence-electron chi connectivity index (χ3n) is 3.33. The first-order valence-corrected chi connectivity index (χ1v) is 7.60. The minimum absolute atomic E-state index is 0.578. The zero-order valence-electron chi connectivity index (χ0n) is 13.3. The molecule has 0 aliphatic carbocycles. The van der Waals surface area contributed by atoms with Crippen molar-refractivity contribution in [1.82, 2.24) is 0 Å². The highest BCUT2D eigenvalue weighted by Crippen LogP contribution is 2.22. The average Bonchev–Trinajstić information content (AvgIpc) is 2.67. The second kappa shape index (κ2) is 7.83. The van der Waals surface area contributed by atoms with E-state index in [0.717, 1.165) is 22.6 Å². The van der Waals surface area contributed by atoms with E-state index in [1.165, 1.54) is 0 Å². The Morgan fingerprint density at radius 2 is 1.12 bits per heavy atom. The molecule has 0 amide bonds. The predicted octanol–water partition coefficient (Wildman–Crippen LogP) is 5.83. The van der Waals surface area contributed by atoms with Gasteiger partial charge in [-0.15, -0.1) is 0 Å². The Labute approximate surface area is 141 Å². The van der Waals surface area contributed by atoms with Crippen molar-refractivity contribution in [2.75, 3.05) is 7.11 Å². The van der Waals surface area contributed by atoms with Gasteiger partial charge in [-0.1, -0.05) is 36.4 Å². The Bertz CT molecular complexity index is 826. The Morgan fingerprint density at radius 3 is 1.71 bits per heavy atom. The molecule has 3 rings (SSSR count). The van der Waals surface area contributed by atoms with E-state index in [2.05, 4.69) is 15.2 Å². The molecule has 0 radical (unpaired) electrons. The van der Waals surface area contributed by atoms with E-state index in [1.807, 2.05) is 84.9 Å². The van der Waals surface area contributed by atoms with E-state index >= 15 is 0 Å². The molecule has 0 fully saturated rings. The van der Waals surface area contributed by atoms with Gasteiger partial charge in [0.1, 0.15) is 0 Å². The van der Waals surface area contributed by atoms with Crippen LogP contribution in [0.25, 0.3) is 0 Å². The number of aliphatic imine (C=N–C) groups is 1. The molecule has 118 valence electrons. The SMILES string of the molecule is COC(=Nc1ccc(N=Nc2ccccc2)cc1)c1ccccc1. The van der Waals surface area contributed by atoms with Crippen LogP contribution in [0.5, 0.6) is 0 Å². The van der Waals surface area contributed by atoms with Gasteiger partial charge in [0.05, 0.1) is 24.2 Å². The number of benzene rings is 3. The fraction of sp³-hybridized carbons (Fsp3) is 0.0500. The molecule has 0 aliphatic rings. The molecular weight excluding hydrogens is 298 g/mol. The second-order valence-electron chi connectivity index (χ2n) is 5.04. The maximum Gasteiger partial charge on any atom is 0.220 e. The summed E-state index contributed by atoms with van der Waals surface area (Å²) in [5, 5.41) is 8.42. The Morgan fingerprint density at radius 1 is 0.625 bits per heavy atom. The molecule has 0 unspecified atom stereocenters. The van der Waals surface area contributed by atoms with Gasteiger partial charge in [-0.05, 0) is 48.5 Å². The smallest absolute Gasteiger partial charge is 0.220 e. The van der Waals surface area contributed by atoms with Crippen LogP contribution < -0.4 is 0 Å². The molecule has 3 aromatic carbocycles. The quantitative estimate of drug-likeness (QED) is 0.339. The van der Waals surface area contributed by atoms with Crippen molar-refractivity contribution in [1.29, 1.82) is 0 Å². The lowest BCUT2D eigenvalue weighted by molar-refractivity contribution is 0.405. The third kappa shape index (κ3) is 4.14. The number of hydrogen-bond acceptors (Lipinski definition) is 4. The van der Waals surface area contributed by atoms with Crippen LogP contribution in [0.1, 0.15) is 5.56 Å². The number of nitrogens with zero attached hydrogens (tertiary/aromatic N) is 3. The maximum absolute atomic E-state index is 5.38. The van der Waals surface area contributed by atoms with E-state index in [4.69, 9.17) is 4.74 Å². The number of methoxy groups -OCH3 is 1. The zero-order valence-corrected chi connectivity index (χ0v) is 13.3. The average molecular weight is 315 g/mol. The van der Waals surface area contributed by atoms with Gasteiger partial charge >= 0.3 is 0 Å². The number of hydrogen-bond donors (Lipinski definition) is 0. The standard InChI is InChI=1S/C20H17N3O/c1-24-20(16-8-4-2-5-9-16)21-17-12-14-19(15-13-17)23-22-18-10-6-3-7-11-18/h2-15H,1H3.